The number of rotatable bonds is 13. The molecule has 0 N–H and O–H groups in total. The molecule has 0 spiro atoms. The number of benzene rings is 8. The van der Waals surface area contributed by atoms with Crippen molar-refractivity contribution in [1.29, 1.82) is 0 Å². The van der Waals surface area contributed by atoms with E-state index in [0.717, 1.165) is 33.7 Å². The lowest BCUT2D eigenvalue weighted by molar-refractivity contribution is 1.13. The third kappa shape index (κ3) is 7.79. The molecule has 2 nitrogen and oxygen atoms in total. The normalized spacial score (nSPS) is 12.2. The van der Waals surface area contributed by atoms with Gasteiger partial charge in [0.25, 0.3) is 0 Å². The van der Waals surface area contributed by atoms with Crippen LogP contribution in [0.5, 0.6) is 0 Å². The Bertz CT molecular complexity index is 2680. The molecule has 9 aromatic rings. The summed E-state index contributed by atoms with van der Waals surface area (Å²) in [5.41, 5.74) is 5.75. The van der Waals surface area contributed by atoms with Crippen molar-refractivity contribution < 1.29 is 0 Å². The van der Waals surface area contributed by atoms with Crippen molar-refractivity contribution in [3.8, 4) is 22.5 Å². The molecule has 0 aliphatic carbocycles. The van der Waals surface area contributed by atoms with E-state index in [1.165, 1.54) is 41.5 Å². The quantitative estimate of drug-likeness (QED) is 0.0658. The Morgan fingerprint density at radius 3 is 0.969 bits per heavy atom. The van der Waals surface area contributed by atoms with Gasteiger partial charge in [-0.2, -0.15) is 0 Å². The van der Waals surface area contributed by atoms with Gasteiger partial charge in [-0.05, 0) is 67.0 Å². The molecule has 0 atom stereocenters. The molecule has 64 heavy (non-hydrogen) atoms. The SMILES string of the molecule is C=C/C(C)=C(\C=C/C)c1nc(-c2cccc([Si](c3ccccc3)(c3ccccc3)c3ccccc3)c2)cc(-c2cccc([Si](c3ccccc3)(c3ccccc3)c3ccccc3)c2)n1. The molecule has 0 radical (unpaired) electrons. The third-order valence-electron chi connectivity index (χ3n) is 12.5. The van der Waals surface area contributed by atoms with Crippen molar-refractivity contribution in [2.75, 3.05) is 0 Å². The highest BCUT2D eigenvalue weighted by molar-refractivity contribution is 7.20. The van der Waals surface area contributed by atoms with Gasteiger partial charge < -0.3 is 0 Å². The molecule has 0 saturated carbocycles. The molecule has 0 aliphatic heterocycles. The van der Waals surface area contributed by atoms with Gasteiger partial charge in [-0.25, -0.2) is 9.97 Å². The van der Waals surface area contributed by atoms with Crippen LogP contribution in [-0.4, -0.2) is 26.1 Å². The molecule has 0 aliphatic rings. The zero-order chi connectivity index (χ0) is 43.8. The summed E-state index contributed by atoms with van der Waals surface area (Å²) < 4.78 is 0. The number of hydrogen-bond acceptors (Lipinski definition) is 2. The van der Waals surface area contributed by atoms with Gasteiger partial charge in [-0.15, -0.1) is 0 Å². The van der Waals surface area contributed by atoms with Gasteiger partial charge in [0.05, 0.1) is 11.4 Å². The zero-order valence-corrected chi connectivity index (χ0v) is 38.4. The molecule has 8 aromatic carbocycles. The minimum absolute atomic E-state index is 0.661. The lowest BCUT2D eigenvalue weighted by Crippen LogP contribution is -2.74. The van der Waals surface area contributed by atoms with E-state index in [-0.39, 0.29) is 0 Å². The molecular weight excluding hydrogens is 805 g/mol. The topological polar surface area (TPSA) is 25.8 Å². The van der Waals surface area contributed by atoms with Crippen LogP contribution in [0.3, 0.4) is 0 Å². The summed E-state index contributed by atoms with van der Waals surface area (Å²) in [6, 6.07) is 86.9. The summed E-state index contributed by atoms with van der Waals surface area (Å²) in [6.07, 6.45) is 6.05. The fraction of sp³-hybridized carbons (Fsp3) is 0.0333. The Morgan fingerprint density at radius 1 is 0.391 bits per heavy atom. The van der Waals surface area contributed by atoms with E-state index in [0.29, 0.717) is 5.82 Å². The van der Waals surface area contributed by atoms with Crippen molar-refractivity contribution >= 4 is 63.2 Å². The third-order valence-corrected chi connectivity index (χ3v) is 22.0. The summed E-state index contributed by atoms with van der Waals surface area (Å²) in [6.45, 7) is 8.28. The number of nitrogens with zero attached hydrogens (tertiary/aromatic N) is 2. The fourth-order valence-electron chi connectivity index (χ4n) is 9.47. The van der Waals surface area contributed by atoms with E-state index in [2.05, 4.69) is 262 Å². The van der Waals surface area contributed by atoms with E-state index in [4.69, 9.17) is 9.97 Å². The molecule has 1 heterocycles. The molecule has 0 unspecified atom stereocenters. The minimum Gasteiger partial charge on any atom is -0.228 e. The second kappa shape index (κ2) is 18.9. The van der Waals surface area contributed by atoms with E-state index >= 15 is 0 Å². The predicted octanol–water partition coefficient (Wildman–Crippen LogP) is 9.10. The summed E-state index contributed by atoms with van der Waals surface area (Å²) >= 11 is 0. The second-order valence-electron chi connectivity index (χ2n) is 16.1. The van der Waals surface area contributed by atoms with Crippen LogP contribution in [0.15, 0.2) is 267 Å². The van der Waals surface area contributed by atoms with Crippen LogP contribution in [-0.2, 0) is 0 Å². The van der Waals surface area contributed by atoms with E-state index in [9.17, 15) is 0 Å². The molecule has 0 bridgehead atoms. The maximum atomic E-state index is 5.43. The van der Waals surface area contributed by atoms with Crippen molar-refractivity contribution in [2.45, 2.75) is 13.8 Å². The van der Waals surface area contributed by atoms with Gasteiger partial charge in [-0.1, -0.05) is 255 Å². The molecule has 0 amide bonds. The zero-order valence-electron chi connectivity index (χ0n) is 36.4. The molecule has 9 rings (SSSR count). The van der Waals surface area contributed by atoms with Crippen LogP contribution in [0.2, 0.25) is 0 Å². The summed E-state index contributed by atoms with van der Waals surface area (Å²) in [4.78, 5) is 10.9. The smallest absolute Gasteiger partial charge is 0.179 e. The Hall–Kier alpha value is -7.51. The molecule has 4 heteroatoms. The first-order chi connectivity index (χ1) is 31.6. The van der Waals surface area contributed by atoms with Crippen molar-refractivity contribution in [2.24, 2.45) is 0 Å². The molecule has 0 saturated heterocycles. The first-order valence-electron chi connectivity index (χ1n) is 22.0. The van der Waals surface area contributed by atoms with Crippen molar-refractivity contribution in [3.05, 3.63) is 273 Å². The van der Waals surface area contributed by atoms with E-state index < -0.39 is 16.1 Å². The summed E-state index contributed by atoms with van der Waals surface area (Å²) in [5.74, 6) is 0.661. The maximum Gasteiger partial charge on any atom is 0.179 e. The highest BCUT2D eigenvalue weighted by Crippen LogP contribution is 2.28. The van der Waals surface area contributed by atoms with Gasteiger partial charge in [-0.3, -0.25) is 0 Å². The van der Waals surface area contributed by atoms with Crippen LogP contribution in [0.25, 0.3) is 28.1 Å². The van der Waals surface area contributed by atoms with Gasteiger partial charge in [0, 0.05) is 16.7 Å². The first-order valence-corrected chi connectivity index (χ1v) is 26.0. The number of aromatic nitrogens is 2. The number of allylic oxidation sites excluding steroid dienone is 5. The van der Waals surface area contributed by atoms with Crippen LogP contribution >= 0.6 is 0 Å². The Kier molecular flexibility index (Phi) is 12.3. The second-order valence-corrected chi connectivity index (χ2v) is 23.7. The molecule has 308 valence electrons. The van der Waals surface area contributed by atoms with Gasteiger partial charge in [0.2, 0.25) is 0 Å². The Morgan fingerprint density at radius 2 is 0.688 bits per heavy atom. The Balaban J connectivity index is 1.30. The lowest BCUT2D eigenvalue weighted by atomic mass is 10.0. The number of hydrogen-bond donors (Lipinski definition) is 0. The standard InChI is InChI=1S/C60H50N2Si2/c1-4-26-57(46(3)5-2)60-61-58(47-27-24-41-55(43-47)63(49-29-12-6-13-30-49,50-31-14-7-15-32-50)51-33-16-8-17-34-51)45-59(62-60)48-28-25-42-56(44-48)64(52-35-18-9-19-36-52,53-37-20-10-21-38-53)54-39-22-11-23-40-54/h4-45H,2H2,1,3H3/b26-4-,57-46+. The van der Waals surface area contributed by atoms with Crippen molar-refractivity contribution in [1.82, 2.24) is 9.97 Å². The van der Waals surface area contributed by atoms with E-state index in [1.807, 2.05) is 13.0 Å². The van der Waals surface area contributed by atoms with Crippen molar-refractivity contribution in [3.63, 3.8) is 0 Å². The molecular formula is C60H50N2Si2. The largest absolute Gasteiger partial charge is 0.228 e. The Labute approximate surface area is 380 Å². The van der Waals surface area contributed by atoms with Gasteiger partial charge in [0.15, 0.2) is 22.0 Å². The van der Waals surface area contributed by atoms with Crippen LogP contribution in [0.1, 0.15) is 19.7 Å². The van der Waals surface area contributed by atoms with E-state index in [1.54, 1.807) is 0 Å². The average molecular weight is 855 g/mol. The monoisotopic (exact) mass is 854 g/mol. The summed E-state index contributed by atoms with van der Waals surface area (Å²) in [5, 5.41) is 10.5. The van der Waals surface area contributed by atoms with Crippen LogP contribution < -0.4 is 41.5 Å². The summed E-state index contributed by atoms with van der Waals surface area (Å²) in [7, 11) is -5.62. The maximum absolute atomic E-state index is 5.43. The van der Waals surface area contributed by atoms with Crippen LogP contribution in [0.4, 0.5) is 0 Å². The highest BCUT2D eigenvalue weighted by Gasteiger charge is 2.43. The average Bonchev–Trinajstić information content (AvgIpc) is 3.38. The first kappa shape index (κ1) is 41.8. The van der Waals surface area contributed by atoms with Crippen LogP contribution in [0, 0.1) is 0 Å². The highest BCUT2D eigenvalue weighted by atomic mass is 28.3. The molecule has 1 aromatic heterocycles. The fourth-order valence-corrected chi connectivity index (χ4v) is 19.1. The van der Waals surface area contributed by atoms with Gasteiger partial charge in [0.1, 0.15) is 0 Å². The van der Waals surface area contributed by atoms with Gasteiger partial charge >= 0.3 is 0 Å². The lowest BCUT2D eigenvalue weighted by Gasteiger charge is -2.34. The molecule has 0 fully saturated rings. The predicted molar refractivity (Wildman–Crippen MR) is 278 cm³/mol. The minimum atomic E-state index is -2.81.